The first-order valence-electron chi connectivity index (χ1n) is 10.3. The molecule has 2 atom stereocenters. The van der Waals surface area contributed by atoms with Crippen molar-refractivity contribution in [2.75, 3.05) is 12.4 Å². The Bertz CT molecular complexity index is 907. The Balaban J connectivity index is 1.48. The van der Waals surface area contributed by atoms with Gasteiger partial charge in [-0.15, -0.1) is 11.8 Å². The van der Waals surface area contributed by atoms with Crippen LogP contribution in [0.1, 0.15) is 45.1 Å². The van der Waals surface area contributed by atoms with Gasteiger partial charge in [-0.25, -0.2) is 4.79 Å². The van der Waals surface area contributed by atoms with E-state index in [-0.39, 0.29) is 22.9 Å². The Labute approximate surface area is 179 Å². The second-order valence-electron chi connectivity index (χ2n) is 8.10. The fourth-order valence-electron chi connectivity index (χ4n) is 4.32. The Morgan fingerprint density at radius 2 is 2.00 bits per heavy atom. The third kappa shape index (κ3) is 3.27. The van der Waals surface area contributed by atoms with Crippen molar-refractivity contribution in [3.8, 4) is 5.75 Å². The molecule has 0 aromatic heterocycles. The number of β-lactam (4-membered cyclic amide) rings is 1. The molecule has 2 aliphatic heterocycles. The summed E-state index contributed by atoms with van der Waals surface area (Å²) in [4.78, 5) is 38.8. The molecule has 7 nitrogen and oxygen atoms in total. The summed E-state index contributed by atoms with van der Waals surface area (Å²) in [6.07, 6.45) is 3.35. The van der Waals surface area contributed by atoms with Crippen molar-refractivity contribution in [2.24, 2.45) is 0 Å². The van der Waals surface area contributed by atoms with E-state index in [4.69, 9.17) is 4.74 Å². The predicted octanol–water partition coefficient (Wildman–Crippen LogP) is 2.66. The number of thioether (sulfide) groups is 1. The van der Waals surface area contributed by atoms with E-state index in [0.29, 0.717) is 17.9 Å². The van der Waals surface area contributed by atoms with Gasteiger partial charge in [0.15, 0.2) is 0 Å². The van der Waals surface area contributed by atoms with Crippen LogP contribution < -0.4 is 10.1 Å². The number of fused-ring (bicyclic) bond motifs is 1. The number of nitrogens with zero attached hydrogens (tertiary/aromatic N) is 1. The van der Waals surface area contributed by atoms with Gasteiger partial charge in [-0.05, 0) is 49.5 Å². The van der Waals surface area contributed by atoms with E-state index < -0.39 is 17.4 Å². The molecule has 4 rings (SSSR count). The van der Waals surface area contributed by atoms with Gasteiger partial charge in [-0.2, -0.15) is 0 Å². The van der Waals surface area contributed by atoms with Crippen molar-refractivity contribution < 1.29 is 24.2 Å². The van der Waals surface area contributed by atoms with Crippen molar-refractivity contribution in [1.29, 1.82) is 0 Å². The maximum absolute atomic E-state index is 13.3. The molecule has 2 amide bonds. The average molecular weight is 431 g/mol. The molecule has 0 bridgehead atoms. The molecule has 2 heterocycles. The lowest BCUT2D eigenvalue weighted by molar-refractivity contribution is -0.151. The Kier molecular flexibility index (Phi) is 5.53. The van der Waals surface area contributed by atoms with Crippen molar-refractivity contribution in [3.05, 3.63) is 41.1 Å². The normalized spacial score (nSPS) is 24.5. The summed E-state index contributed by atoms with van der Waals surface area (Å²) in [5.74, 6) is -0.292. The Morgan fingerprint density at radius 1 is 1.30 bits per heavy atom. The second-order valence-corrected chi connectivity index (χ2v) is 9.21. The molecular weight excluding hydrogens is 404 g/mol. The van der Waals surface area contributed by atoms with Crippen molar-refractivity contribution in [2.45, 2.75) is 56.4 Å². The third-order valence-electron chi connectivity index (χ3n) is 6.17. The SMILES string of the molecule is CCCOc1ccc(C2(C(=O)N[C@@H]3C(=O)N4C(C(=O)O)=C(C)CS[C@H]34)CCC2)cc1. The summed E-state index contributed by atoms with van der Waals surface area (Å²) in [5, 5.41) is 12.0. The van der Waals surface area contributed by atoms with Gasteiger partial charge in [0.05, 0.1) is 12.0 Å². The Hall–Kier alpha value is -2.48. The first-order chi connectivity index (χ1) is 14.4. The van der Waals surface area contributed by atoms with Crippen molar-refractivity contribution in [1.82, 2.24) is 10.2 Å². The molecule has 1 aliphatic carbocycles. The van der Waals surface area contributed by atoms with Crippen molar-refractivity contribution >= 4 is 29.5 Å². The van der Waals surface area contributed by atoms with Crippen LogP contribution in [0.15, 0.2) is 35.5 Å². The topological polar surface area (TPSA) is 95.9 Å². The zero-order chi connectivity index (χ0) is 21.5. The smallest absolute Gasteiger partial charge is 0.352 e. The van der Waals surface area contributed by atoms with Gasteiger partial charge in [0, 0.05) is 5.75 Å². The number of ether oxygens (including phenoxy) is 1. The summed E-state index contributed by atoms with van der Waals surface area (Å²) >= 11 is 1.49. The van der Waals surface area contributed by atoms with Crippen LogP contribution in [0, 0.1) is 0 Å². The zero-order valence-electron chi connectivity index (χ0n) is 17.1. The first kappa shape index (κ1) is 20.8. The highest BCUT2D eigenvalue weighted by Crippen LogP contribution is 2.46. The number of hydrogen-bond donors (Lipinski definition) is 2. The standard InChI is InChI=1S/C22H26N2O5S/c1-3-11-29-15-7-5-14(6-8-15)22(9-4-10-22)21(28)23-16-18(25)24-17(20(26)27)13(2)12-30-19(16)24/h5-8,16,19H,3-4,9-12H2,1-2H3,(H,23,28)(H,26,27)/t16-,19-/m1/s1. The van der Waals surface area contributed by atoms with E-state index in [2.05, 4.69) is 5.32 Å². The second kappa shape index (κ2) is 7.98. The van der Waals surface area contributed by atoms with Gasteiger partial charge in [-0.1, -0.05) is 25.5 Å². The zero-order valence-corrected chi connectivity index (χ0v) is 18.0. The molecule has 8 heteroatoms. The largest absolute Gasteiger partial charge is 0.494 e. The molecule has 1 aromatic rings. The maximum atomic E-state index is 13.3. The quantitative estimate of drug-likeness (QED) is 0.646. The number of benzene rings is 1. The summed E-state index contributed by atoms with van der Waals surface area (Å²) in [7, 11) is 0. The van der Waals surface area contributed by atoms with E-state index in [1.165, 1.54) is 16.7 Å². The minimum atomic E-state index is -1.10. The van der Waals surface area contributed by atoms with Crippen LogP contribution in [0.2, 0.25) is 0 Å². The van der Waals surface area contributed by atoms with Gasteiger partial charge < -0.3 is 15.2 Å². The fraction of sp³-hybridized carbons (Fsp3) is 0.500. The number of amides is 2. The highest BCUT2D eigenvalue weighted by molar-refractivity contribution is 8.00. The summed E-state index contributed by atoms with van der Waals surface area (Å²) in [5.41, 5.74) is 1.01. The van der Waals surface area contributed by atoms with Gasteiger partial charge >= 0.3 is 5.97 Å². The molecule has 0 spiro atoms. The number of carbonyl (C=O) groups excluding carboxylic acids is 2. The molecule has 160 valence electrons. The highest BCUT2D eigenvalue weighted by Gasteiger charge is 2.56. The highest BCUT2D eigenvalue weighted by atomic mass is 32.2. The monoisotopic (exact) mass is 430 g/mol. The summed E-state index contributed by atoms with van der Waals surface area (Å²) < 4.78 is 5.63. The van der Waals surface area contributed by atoms with Crippen molar-refractivity contribution in [3.63, 3.8) is 0 Å². The Morgan fingerprint density at radius 3 is 2.57 bits per heavy atom. The lowest BCUT2D eigenvalue weighted by atomic mass is 9.63. The molecule has 2 fully saturated rings. The number of carboxylic acids is 1. The maximum Gasteiger partial charge on any atom is 0.352 e. The molecule has 0 unspecified atom stereocenters. The molecule has 1 saturated carbocycles. The van der Waals surface area contributed by atoms with E-state index in [1.54, 1.807) is 6.92 Å². The van der Waals surface area contributed by atoms with Gasteiger partial charge in [-0.3, -0.25) is 14.5 Å². The molecule has 3 aliphatic rings. The minimum absolute atomic E-state index is 0.0512. The number of hydrogen-bond acceptors (Lipinski definition) is 5. The van der Waals surface area contributed by atoms with Crippen LogP contribution in [0.4, 0.5) is 0 Å². The molecule has 0 radical (unpaired) electrons. The number of aliphatic carboxylic acids is 1. The van der Waals surface area contributed by atoms with Crippen LogP contribution in [-0.2, 0) is 19.8 Å². The van der Waals surface area contributed by atoms with Gasteiger partial charge in [0.25, 0.3) is 5.91 Å². The van der Waals surface area contributed by atoms with Crippen LogP contribution in [0.5, 0.6) is 5.75 Å². The molecule has 1 saturated heterocycles. The van der Waals surface area contributed by atoms with Crippen LogP contribution in [0.3, 0.4) is 0 Å². The lowest BCUT2D eigenvalue weighted by Gasteiger charge is -2.51. The van der Waals surface area contributed by atoms with Crippen LogP contribution in [0.25, 0.3) is 0 Å². The van der Waals surface area contributed by atoms with Gasteiger partial charge in [0.1, 0.15) is 22.9 Å². The number of rotatable bonds is 7. The molecule has 30 heavy (non-hydrogen) atoms. The van der Waals surface area contributed by atoms with E-state index in [0.717, 1.165) is 37.0 Å². The lowest BCUT2D eigenvalue weighted by Crippen LogP contribution is -2.72. The predicted molar refractivity (Wildman–Crippen MR) is 113 cm³/mol. The third-order valence-corrected chi connectivity index (χ3v) is 7.59. The summed E-state index contributed by atoms with van der Waals surface area (Å²) in [6.45, 7) is 4.42. The number of carboxylic acid groups (broad SMARTS) is 1. The van der Waals surface area contributed by atoms with Crippen LogP contribution in [-0.4, -0.2) is 51.6 Å². The summed E-state index contributed by atoms with van der Waals surface area (Å²) in [6, 6.07) is 6.96. The van der Waals surface area contributed by atoms with E-state index in [9.17, 15) is 19.5 Å². The van der Waals surface area contributed by atoms with Gasteiger partial charge in [0.2, 0.25) is 5.91 Å². The van der Waals surface area contributed by atoms with Crippen LogP contribution >= 0.6 is 11.8 Å². The van der Waals surface area contributed by atoms with E-state index >= 15 is 0 Å². The minimum Gasteiger partial charge on any atom is -0.494 e. The molecular formula is C22H26N2O5S. The van der Waals surface area contributed by atoms with E-state index in [1.807, 2.05) is 31.2 Å². The average Bonchev–Trinajstić information content (AvgIpc) is 2.70. The first-order valence-corrected chi connectivity index (χ1v) is 11.4. The fourth-order valence-corrected chi connectivity index (χ4v) is 5.61. The molecule has 1 aromatic carbocycles. The number of carbonyl (C=O) groups is 3. The number of nitrogens with one attached hydrogen (secondary N) is 1. The molecule has 2 N–H and O–H groups in total.